The van der Waals surface area contributed by atoms with Crippen molar-refractivity contribution in [2.75, 3.05) is 38.6 Å². The molecule has 0 radical (unpaired) electrons. The van der Waals surface area contributed by atoms with Crippen LogP contribution in [0.3, 0.4) is 0 Å². The van der Waals surface area contributed by atoms with Crippen LogP contribution < -0.4 is 11.4 Å². The van der Waals surface area contributed by atoms with Crippen molar-refractivity contribution < 1.29 is 23.0 Å². The molecule has 11 heteroatoms. The largest absolute Gasteiger partial charge is 0.381 e. The zero-order valence-electron chi connectivity index (χ0n) is 12.8. The number of ether oxygens (including phenoxy) is 2. The Morgan fingerprint density at radius 2 is 2.39 bits per heavy atom. The first-order valence-electron chi connectivity index (χ1n) is 6.92. The van der Waals surface area contributed by atoms with Crippen LogP contribution in [0, 0.1) is 5.82 Å². The smallest absolute Gasteiger partial charge is 0.350 e. The zero-order chi connectivity index (χ0) is 17.0. The van der Waals surface area contributed by atoms with E-state index in [0.29, 0.717) is 6.61 Å². The maximum absolute atomic E-state index is 13.4. The topological polar surface area (TPSA) is 106 Å². The quantitative estimate of drug-likeness (QED) is 0.722. The molecule has 1 fully saturated rings. The number of hydrogen-bond donors (Lipinski definition) is 1. The molecule has 8 nitrogen and oxygen atoms in total. The van der Waals surface area contributed by atoms with E-state index in [1.54, 1.807) is 6.92 Å². The number of nitrogen functional groups attached to an aromatic ring is 1. The van der Waals surface area contributed by atoms with Crippen LogP contribution in [0.4, 0.5) is 10.2 Å². The fourth-order valence-corrected chi connectivity index (χ4v) is 4.15. The summed E-state index contributed by atoms with van der Waals surface area (Å²) in [6.07, 6.45) is 1.01. The third kappa shape index (κ3) is 5.02. The molecular formula is C12H19FN3O5PS. The molecule has 0 amide bonds. The highest BCUT2D eigenvalue weighted by Crippen LogP contribution is 2.42. The second kappa shape index (κ2) is 7.76. The van der Waals surface area contributed by atoms with Crippen LogP contribution in [0.2, 0.25) is 0 Å². The van der Waals surface area contributed by atoms with Crippen molar-refractivity contribution in [1.29, 1.82) is 0 Å². The minimum atomic E-state index is -2.76. The van der Waals surface area contributed by atoms with Crippen molar-refractivity contribution in [1.82, 2.24) is 9.55 Å². The number of hydrogen-bond acceptors (Lipinski definition) is 8. The Morgan fingerprint density at radius 1 is 1.65 bits per heavy atom. The van der Waals surface area contributed by atoms with Gasteiger partial charge in [-0.05, 0) is 6.92 Å². The molecule has 1 aliphatic heterocycles. The summed E-state index contributed by atoms with van der Waals surface area (Å²) in [6, 6.07) is 0. The van der Waals surface area contributed by atoms with Gasteiger partial charge >= 0.3 is 5.69 Å². The second-order valence-electron chi connectivity index (χ2n) is 4.95. The monoisotopic (exact) mass is 367 g/mol. The molecule has 2 N–H and O–H groups in total. The summed E-state index contributed by atoms with van der Waals surface area (Å²) in [5, 5.41) is -0.418. The number of halogens is 1. The zero-order valence-corrected chi connectivity index (χ0v) is 14.5. The van der Waals surface area contributed by atoms with Crippen LogP contribution in [0.15, 0.2) is 11.0 Å². The molecule has 2 heterocycles. The van der Waals surface area contributed by atoms with E-state index in [4.69, 9.17) is 19.7 Å². The van der Waals surface area contributed by atoms with Crippen molar-refractivity contribution in [3.63, 3.8) is 0 Å². The Balaban J connectivity index is 1.88. The van der Waals surface area contributed by atoms with Crippen LogP contribution in [-0.4, -0.2) is 47.8 Å². The van der Waals surface area contributed by atoms with E-state index in [1.165, 1.54) is 18.4 Å². The van der Waals surface area contributed by atoms with E-state index in [1.807, 2.05) is 0 Å². The molecule has 0 bridgehead atoms. The summed E-state index contributed by atoms with van der Waals surface area (Å²) in [7, 11) is -2.76. The van der Waals surface area contributed by atoms with Crippen LogP contribution >= 0.6 is 19.1 Å². The second-order valence-corrected chi connectivity index (χ2v) is 8.84. The minimum Gasteiger partial charge on any atom is -0.381 e. The summed E-state index contributed by atoms with van der Waals surface area (Å²) in [6.45, 7) is 4.01. The van der Waals surface area contributed by atoms with Gasteiger partial charge in [0, 0.05) is 12.9 Å². The highest BCUT2D eigenvalue weighted by Gasteiger charge is 2.29. The van der Waals surface area contributed by atoms with E-state index in [-0.39, 0.29) is 25.0 Å². The molecule has 3 atom stereocenters. The van der Waals surface area contributed by atoms with Crippen LogP contribution in [0.25, 0.3) is 0 Å². The van der Waals surface area contributed by atoms with Gasteiger partial charge in [-0.25, -0.2) is 9.18 Å². The third-order valence-corrected chi connectivity index (χ3v) is 5.67. The van der Waals surface area contributed by atoms with Gasteiger partial charge in [0.1, 0.15) is 17.2 Å². The predicted molar refractivity (Wildman–Crippen MR) is 85.2 cm³/mol. The molecule has 2 rings (SSSR count). The van der Waals surface area contributed by atoms with Crippen molar-refractivity contribution in [2.45, 2.75) is 17.7 Å². The van der Waals surface area contributed by atoms with Crippen LogP contribution in [0.1, 0.15) is 12.3 Å². The van der Waals surface area contributed by atoms with Crippen molar-refractivity contribution in [3.05, 3.63) is 22.5 Å². The molecule has 0 saturated carbocycles. The van der Waals surface area contributed by atoms with Crippen molar-refractivity contribution in [3.8, 4) is 0 Å². The highest BCUT2D eigenvalue weighted by molar-refractivity contribution is 8.00. The number of nitrogens with zero attached hydrogens (tertiary/aromatic N) is 2. The lowest BCUT2D eigenvalue weighted by Crippen LogP contribution is -2.27. The first-order chi connectivity index (χ1) is 10.8. The molecule has 1 aliphatic rings. The molecule has 0 aromatic carbocycles. The number of aromatic nitrogens is 2. The van der Waals surface area contributed by atoms with Gasteiger partial charge in [0.05, 0.1) is 19.8 Å². The molecule has 1 saturated heterocycles. The van der Waals surface area contributed by atoms with Crippen LogP contribution in [-0.2, 0) is 18.6 Å². The van der Waals surface area contributed by atoms with Crippen molar-refractivity contribution >= 4 is 24.9 Å². The minimum absolute atomic E-state index is 0.00999. The molecule has 0 aliphatic carbocycles. The lowest BCUT2D eigenvalue weighted by Gasteiger charge is -2.15. The summed E-state index contributed by atoms with van der Waals surface area (Å²) >= 11 is 1.29. The highest BCUT2D eigenvalue weighted by atomic mass is 32.2. The van der Waals surface area contributed by atoms with E-state index in [2.05, 4.69) is 4.98 Å². The average Bonchev–Trinajstić information content (AvgIpc) is 2.91. The van der Waals surface area contributed by atoms with Gasteiger partial charge in [0.25, 0.3) is 0 Å². The van der Waals surface area contributed by atoms with Gasteiger partial charge in [-0.2, -0.15) is 4.98 Å². The van der Waals surface area contributed by atoms with E-state index < -0.39 is 30.1 Å². The van der Waals surface area contributed by atoms with E-state index in [0.717, 1.165) is 10.8 Å². The Morgan fingerprint density at radius 3 is 3.09 bits per heavy atom. The van der Waals surface area contributed by atoms with Crippen LogP contribution in [0.5, 0.6) is 0 Å². The molecule has 1 aromatic rings. The number of nitrogens with two attached hydrogens (primary N) is 1. The summed E-state index contributed by atoms with van der Waals surface area (Å²) < 4.78 is 42.4. The molecule has 23 heavy (non-hydrogen) atoms. The Hall–Kier alpha value is -0.930. The Kier molecular flexibility index (Phi) is 6.21. The number of rotatable bonds is 7. The first kappa shape index (κ1) is 18.4. The van der Waals surface area contributed by atoms with Gasteiger partial charge in [-0.3, -0.25) is 9.13 Å². The molecule has 3 unspecified atom stereocenters. The SMILES string of the molecule is CCOP(C)(=O)COCC1OCC(n2cc(F)c(N)nc2=O)S1. The lowest BCUT2D eigenvalue weighted by atomic mass is 10.5. The Labute approximate surface area is 137 Å². The number of thioether (sulfide) groups is 1. The molecule has 0 spiro atoms. The summed E-state index contributed by atoms with van der Waals surface area (Å²) in [5.74, 6) is -1.18. The fraction of sp³-hybridized carbons (Fsp3) is 0.667. The summed E-state index contributed by atoms with van der Waals surface area (Å²) in [4.78, 5) is 15.2. The standard InChI is InChI=1S/C12H19FN3O5PS/c1-3-21-22(2,18)7-19-6-10-20-5-9(23-10)16-4-8(13)11(14)15-12(16)17/h4,9-10H,3,5-7H2,1-2H3,(H2,14,15,17). The van der Waals surface area contributed by atoms with Gasteiger partial charge < -0.3 is 19.7 Å². The van der Waals surface area contributed by atoms with Crippen molar-refractivity contribution in [2.24, 2.45) is 0 Å². The maximum atomic E-state index is 13.4. The molecular weight excluding hydrogens is 348 g/mol. The van der Waals surface area contributed by atoms with Gasteiger partial charge in [-0.1, -0.05) is 0 Å². The van der Waals surface area contributed by atoms with E-state index >= 15 is 0 Å². The van der Waals surface area contributed by atoms with Gasteiger partial charge in [0.15, 0.2) is 11.6 Å². The van der Waals surface area contributed by atoms with Gasteiger partial charge in [0.2, 0.25) is 7.37 Å². The normalized spacial score (nSPS) is 23.8. The Bertz CT molecular complexity index is 658. The third-order valence-electron chi connectivity index (χ3n) is 2.96. The number of anilines is 1. The van der Waals surface area contributed by atoms with Gasteiger partial charge in [-0.15, -0.1) is 11.8 Å². The average molecular weight is 367 g/mol. The predicted octanol–water partition coefficient (Wildman–Crippen LogP) is 1.47. The first-order valence-corrected chi connectivity index (χ1v) is 10.1. The summed E-state index contributed by atoms with van der Waals surface area (Å²) in [5.41, 5.74) is 4.26. The molecule has 1 aromatic heterocycles. The fourth-order valence-electron chi connectivity index (χ4n) is 1.97. The lowest BCUT2D eigenvalue weighted by molar-refractivity contribution is 0.0503. The molecule has 130 valence electrons. The maximum Gasteiger partial charge on any atom is 0.350 e. The van der Waals surface area contributed by atoms with E-state index in [9.17, 15) is 13.8 Å².